The normalized spacial score (nSPS) is 18.0. The number of hydrazine groups is 1. The Morgan fingerprint density at radius 2 is 1.60 bits per heavy atom. The van der Waals surface area contributed by atoms with E-state index >= 15 is 0 Å². The summed E-state index contributed by atoms with van der Waals surface area (Å²) < 4.78 is 12.6. The second-order valence-electron chi connectivity index (χ2n) is 2.96. The van der Waals surface area contributed by atoms with Gasteiger partial charge in [0.15, 0.2) is 0 Å². The molecule has 2 N–H and O–H groups in total. The molecule has 0 amide bonds. The number of halogens is 1. The first-order valence-corrected chi connectivity index (χ1v) is 3.64. The van der Waals surface area contributed by atoms with Gasteiger partial charge in [0.1, 0.15) is 6.17 Å². The maximum absolute atomic E-state index is 12.6. The molecule has 1 unspecified atom stereocenters. The summed E-state index contributed by atoms with van der Waals surface area (Å²) in [6.45, 7) is 7.19. The second-order valence-corrected chi connectivity index (χ2v) is 2.96. The molecule has 0 spiro atoms. The van der Waals surface area contributed by atoms with Crippen LogP contribution in [0.25, 0.3) is 0 Å². The van der Waals surface area contributed by atoms with Crippen LogP contribution in [0.15, 0.2) is 0 Å². The average molecular weight is 148 g/mol. The van der Waals surface area contributed by atoms with E-state index in [4.69, 9.17) is 5.84 Å². The van der Waals surface area contributed by atoms with Crippen molar-refractivity contribution in [3.8, 4) is 0 Å². The summed E-state index contributed by atoms with van der Waals surface area (Å²) in [6.07, 6.45) is -0.868. The molecule has 0 aromatic carbocycles. The minimum atomic E-state index is -0.868. The van der Waals surface area contributed by atoms with Crippen LogP contribution in [-0.2, 0) is 0 Å². The first-order chi connectivity index (χ1) is 4.46. The number of hydrogen-bond donors (Lipinski definition) is 1. The summed E-state index contributed by atoms with van der Waals surface area (Å²) in [5.41, 5.74) is 0. The van der Waals surface area contributed by atoms with Crippen LogP contribution in [-0.4, -0.2) is 23.3 Å². The van der Waals surface area contributed by atoms with Crippen LogP contribution in [0.2, 0.25) is 0 Å². The zero-order valence-electron chi connectivity index (χ0n) is 7.13. The van der Waals surface area contributed by atoms with Gasteiger partial charge in [-0.05, 0) is 27.7 Å². The van der Waals surface area contributed by atoms with Crippen molar-refractivity contribution in [2.24, 2.45) is 5.84 Å². The van der Waals surface area contributed by atoms with E-state index in [-0.39, 0.29) is 12.1 Å². The largest absolute Gasteiger partial charge is 0.268 e. The zero-order valence-corrected chi connectivity index (χ0v) is 7.13. The highest BCUT2D eigenvalue weighted by Gasteiger charge is 2.18. The molecule has 0 saturated carbocycles. The molecule has 2 nitrogen and oxygen atoms in total. The smallest absolute Gasteiger partial charge is 0.114 e. The van der Waals surface area contributed by atoms with Crippen molar-refractivity contribution < 1.29 is 4.39 Å². The maximum Gasteiger partial charge on any atom is 0.114 e. The van der Waals surface area contributed by atoms with Crippen molar-refractivity contribution in [2.75, 3.05) is 0 Å². The summed E-state index contributed by atoms with van der Waals surface area (Å²) in [6, 6.07) is 0.00759. The lowest BCUT2D eigenvalue weighted by Gasteiger charge is -2.28. The first-order valence-electron chi connectivity index (χ1n) is 3.64. The molecule has 10 heavy (non-hydrogen) atoms. The third-order valence-electron chi connectivity index (χ3n) is 1.73. The molecular weight excluding hydrogens is 131 g/mol. The van der Waals surface area contributed by atoms with Gasteiger partial charge in [-0.15, -0.1) is 0 Å². The highest BCUT2D eigenvalue weighted by molar-refractivity contribution is 4.69. The van der Waals surface area contributed by atoms with E-state index in [9.17, 15) is 4.39 Å². The quantitative estimate of drug-likeness (QED) is 0.483. The van der Waals surface area contributed by atoms with Crippen LogP contribution in [0, 0.1) is 0 Å². The molecule has 0 saturated heterocycles. The van der Waals surface area contributed by atoms with E-state index in [0.717, 1.165) is 0 Å². The third kappa shape index (κ3) is 2.62. The molecule has 2 atom stereocenters. The molecule has 0 aromatic heterocycles. The van der Waals surface area contributed by atoms with Crippen LogP contribution in [0.5, 0.6) is 0 Å². The number of alkyl halides is 1. The number of rotatable bonds is 3. The van der Waals surface area contributed by atoms with Crippen molar-refractivity contribution in [2.45, 2.75) is 46.0 Å². The fourth-order valence-corrected chi connectivity index (χ4v) is 0.707. The maximum atomic E-state index is 12.6. The number of nitrogens with two attached hydrogens (primary N) is 1. The molecule has 3 heteroatoms. The molecule has 0 fully saturated rings. The van der Waals surface area contributed by atoms with E-state index < -0.39 is 6.17 Å². The fourth-order valence-electron chi connectivity index (χ4n) is 0.707. The topological polar surface area (TPSA) is 29.3 Å². The number of nitrogens with zero attached hydrogens (tertiary/aromatic N) is 1. The minimum absolute atomic E-state index is 0.194. The highest BCUT2D eigenvalue weighted by Crippen LogP contribution is 2.05. The Labute approximate surface area is 62.2 Å². The van der Waals surface area contributed by atoms with Gasteiger partial charge < -0.3 is 0 Å². The molecule has 0 heterocycles. The second kappa shape index (κ2) is 3.88. The van der Waals surface area contributed by atoms with Crippen LogP contribution in [0.4, 0.5) is 4.39 Å². The molecule has 0 radical (unpaired) electrons. The van der Waals surface area contributed by atoms with Gasteiger partial charge in [0.05, 0.1) is 6.04 Å². The average Bonchev–Trinajstić information content (AvgIpc) is 1.84. The molecule has 0 aliphatic heterocycles. The predicted molar refractivity (Wildman–Crippen MR) is 41.2 cm³/mol. The Hall–Kier alpha value is -0.150. The highest BCUT2D eigenvalue weighted by atomic mass is 19.1. The van der Waals surface area contributed by atoms with Gasteiger partial charge >= 0.3 is 0 Å². The van der Waals surface area contributed by atoms with E-state index in [1.807, 2.05) is 13.8 Å². The summed E-state index contributed by atoms with van der Waals surface area (Å²) >= 11 is 0. The van der Waals surface area contributed by atoms with Crippen LogP contribution >= 0.6 is 0 Å². The van der Waals surface area contributed by atoms with E-state index in [2.05, 4.69) is 0 Å². The molecular formula is C7H17FN2. The summed E-state index contributed by atoms with van der Waals surface area (Å²) in [7, 11) is 0. The fraction of sp³-hybridized carbons (Fsp3) is 1.00. The van der Waals surface area contributed by atoms with Crippen LogP contribution in [0.1, 0.15) is 27.7 Å². The van der Waals surface area contributed by atoms with Crippen molar-refractivity contribution in [1.82, 2.24) is 5.01 Å². The summed E-state index contributed by atoms with van der Waals surface area (Å²) in [5.74, 6) is 5.55. The zero-order chi connectivity index (χ0) is 8.31. The Kier molecular flexibility index (Phi) is 3.83. The van der Waals surface area contributed by atoms with Gasteiger partial charge in [-0.1, -0.05) is 0 Å². The van der Waals surface area contributed by atoms with Gasteiger partial charge in [-0.3, -0.25) is 5.84 Å². The van der Waals surface area contributed by atoms with E-state index in [1.54, 1.807) is 6.92 Å². The monoisotopic (exact) mass is 148 g/mol. The molecule has 0 rings (SSSR count). The Morgan fingerprint density at radius 1 is 1.20 bits per heavy atom. The lowest BCUT2D eigenvalue weighted by molar-refractivity contribution is 0.103. The molecule has 0 bridgehead atoms. The standard InChI is InChI=1S/C7H17FN2/c1-5(2)10(9)7(4)6(3)8/h5-7H,9H2,1-4H3/t6?,7-/m0/s1. The van der Waals surface area contributed by atoms with Gasteiger partial charge in [-0.2, -0.15) is 0 Å². The Morgan fingerprint density at radius 3 is 1.70 bits per heavy atom. The van der Waals surface area contributed by atoms with Crippen molar-refractivity contribution >= 4 is 0 Å². The number of hydrogen-bond acceptors (Lipinski definition) is 2. The lowest BCUT2D eigenvalue weighted by Crippen LogP contribution is -2.47. The SMILES string of the molecule is CC(F)[C@H](C)N(N)C(C)C. The van der Waals surface area contributed by atoms with Gasteiger partial charge in [0, 0.05) is 6.04 Å². The minimum Gasteiger partial charge on any atom is -0.268 e. The van der Waals surface area contributed by atoms with Crippen LogP contribution in [0.3, 0.4) is 0 Å². The van der Waals surface area contributed by atoms with E-state index in [0.29, 0.717) is 0 Å². The molecule has 0 aliphatic carbocycles. The van der Waals surface area contributed by atoms with Gasteiger partial charge in [0.25, 0.3) is 0 Å². The molecule has 0 aromatic rings. The predicted octanol–water partition coefficient (Wildman–Crippen LogP) is 1.32. The molecule has 62 valence electrons. The van der Waals surface area contributed by atoms with Gasteiger partial charge in [-0.25, -0.2) is 9.40 Å². The van der Waals surface area contributed by atoms with Crippen molar-refractivity contribution in [3.05, 3.63) is 0 Å². The van der Waals surface area contributed by atoms with Gasteiger partial charge in [0.2, 0.25) is 0 Å². The first kappa shape index (κ1) is 9.85. The summed E-state index contributed by atoms with van der Waals surface area (Å²) in [4.78, 5) is 0. The third-order valence-corrected chi connectivity index (χ3v) is 1.73. The van der Waals surface area contributed by atoms with Crippen LogP contribution < -0.4 is 5.84 Å². The Balaban J connectivity index is 3.81. The van der Waals surface area contributed by atoms with Crippen molar-refractivity contribution in [3.63, 3.8) is 0 Å². The van der Waals surface area contributed by atoms with E-state index in [1.165, 1.54) is 11.9 Å². The summed E-state index contributed by atoms with van der Waals surface area (Å²) in [5, 5.41) is 1.53. The molecule has 0 aliphatic rings. The Bertz CT molecular complexity index is 81.6. The van der Waals surface area contributed by atoms with Crippen molar-refractivity contribution in [1.29, 1.82) is 0 Å². The lowest BCUT2D eigenvalue weighted by atomic mass is 10.2.